The van der Waals surface area contributed by atoms with Crippen LogP contribution in [0.25, 0.3) is 11.4 Å². The molecule has 1 aliphatic rings. The van der Waals surface area contributed by atoms with Crippen molar-refractivity contribution >= 4 is 23.5 Å². The Balaban J connectivity index is 1.47. The lowest BCUT2D eigenvalue weighted by Crippen LogP contribution is -2.29. The predicted molar refractivity (Wildman–Crippen MR) is 124 cm³/mol. The van der Waals surface area contributed by atoms with Crippen LogP contribution in [-0.2, 0) is 18.4 Å². The van der Waals surface area contributed by atoms with E-state index in [-0.39, 0.29) is 12.0 Å². The third-order valence-electron chi connectivity index (χ3n) is 5.84. The molecule has 33 heavy (non-hydrogen) atoms. The van der Waals surface area contributed by atoms with E-state index in [2.05, 4.69) is 38.8 Å². The van der Waals surface area contributed by atoms with E-state index in [0.29, 0.717) is 48.4 Å². The summed E-state index contributed by atoms with van der Waals surface area (Å²) >= 11 is 1.40. The SMILES string of the molecule is Cc1nc(-c2nnn(C)c2CNc2nsc(C(C)C)n2)ccc1O[C@H]1CCC[C@H](C(=O)O)C1. The van der Waals surface area contributed by atoms with Crippen molar-refractivity contribution < 1.29 is 14.6 Å². The minimum atomic E-state index is -0.745. The zero-order valence-electron chi connectivity index (χ0n) is 19.3. The number of ether oxygens (including phenoxy) is 1. The van der Waals surface area contributed by atoms with Crippen LogP contribution in [-0.4, -0.2) is 46.5 Å². The maximum absolute atomic E-state index is 11.3. The summed E-state index contributed by atoms with van der Waals surface area (Å²) in [5.41, 5.74) is 2.98. The average Bonchev–Trinajstić information content (AvgIpc) is 3.41. The van der Waals surface area contributed by atoms with E-state index >= 15 is 0 Å². The lowest BCUT2D eigenvalue weighted by molar-refractivity contribution is -0.143. The van der Waals surface area contributed by atoms with Crippen LogP contribution < -0.4 is 10.1 Å². The normalized spacial score (nSPS) is 18.5. The molecule has 0 bridgehead atoms. The van der Waals surface area contributed by atoms with Crippen molar-refractivity contribution in [1.29, 1.82) is 0 Å². The zero-order chi connectivity index (χ0) is 23.5. The molecule has 4 rings (SSSR count). The Morgan fingerprint density at radius 2 is 2.15 bits per heavy atom. The number of aliphatic carboxylic acids is 1. The van der Waals surface area contributed by atoms with Gasteiger partial charge in [0.1, 0.15) is 16.5 Å². The largest absolute Gasteiger partial charge is 0.489 e. The molecule has 0 aliphatic heterocycles. The number of hydrogen-bond acceptors (Lipinski definition) is 9. The van der Waals surface area contributed by atoms with Crippen LogP contribution in [0.3, 0.4) is 0 Å². The molecule has 10 nitrogen and oxygen atoms in total. The van der Waals surface area contributed by atoms with Gasteiger partial charge in [-0.05, 0) is 56.3 Å². The van der Waals surface area contributed by atoms with Crippen LogP contribution in [0.1, 0.15) is 61.8 Å². The number of carbonyl (C=O) groups is 1. The van der Waals surface area contributed by atoms with Gasteiger partial charge in [0.25, 0.3) is 0 Å². The van der Waals surface area contributed by atoms with Gasteiger partial charge in [0.15, 0.2) is 0 Å². The number of hydrogen-bond donors (Lipinski definition) is 2. The minimum Gasteiger partial charge on any atom is -0.489 e. The highest BCUT2D eigenvalue weighted by atomic mass is 32.1. The molecular formula is C22H29N7O3S. The molecule has 2 N–H and O–H groups in total. The van der Waals surface area contributed by atoms with Crippen LogP contribution in [0.5, 0.6) is 5.75 Å². The fraction of sp³-hybridized carbons (Fsp3) is 0.545. The first kappa shape index (κ1) is 23.1. The lowest BCUT2D eigenvalue weighted by Gasteiger charge is -2.27. The number of anilines is 1. The van der Waals surface area contributed by atoms with Crippen LogP contribution in [0, 0.1) is 12.8 Å². The van der Waals surface area contributed by atoms with Crippen LogP contribution in [0.4, 0.5) is 5.95 Å². The molecule has 11 heteroatoms. The van der Waals surface area contributed by atoms with Gasteiger partial charge in [-0.3, -0.25) is 4.79 Å². The minimum absolute atomic E-state index is 0.108. The van der Waals surface area contributed by atoms with Crippen molar-refractivity contribution in [3.63, 3.8) is 0 Å². The molecule has 0 amide bonds. The smallest absolute Gasteiger partial charge is 0.306 e. The summed E-state index contributed by atoms with van der Waals surface area (Å²) in [4.78, 5) is 20.6. The third-order valence-corrected chi connectivity index (χ3v) is 6.86. The highest BCUT2D eigenvalue weighted by molar-refractivity contribution is 7.05. The maximum Gasteiger partial charge on any atom is 0.306 e. The molecule has 0 unspecified atom stereocenters. The Kier molecular flexibility index (Phi) is 6.87. The van der Waals surface area contributed by atoms with Crippen molar-refractivity contribution in [2.45, 2.75) is 65.0 Å². The molecule has 3 aromatic heterocycles. The fourth-order valence-corrected chi connectivity index (χ4v) is 4.56. The highest BCUT2D eigenvalue weighted by Crippen LogP contribution is 2.30. The standard InChI is InChI=1S/C22H29N7O3S/c1-12(2)20-25-22(27-33-20)23-11-17-19(26-28-29(17)4)16-8-9-18(13(3)24-16)32-15-7-5-6-14(10-15)21(30)31/h8-9,12,14-15H,5-7,10-11H2,1-4H3,(H,23,27)(H,30,31)/t14-,15-/m0/s1. The van der Waals surface area contributed by atoms with Gasteiger partial charge in [0, 0.05) is 13.0 Å². The van der Waals surface area contributed by atoms with Gasteiger partial charge in [0.2, 0.25) is 5.95 Å². The maximum atomic E-state index is 11.3. The van der Waals surface area contributed by atoms with E-state index in [9.17, 15) is 9.90 Å². The molecule has 3 heterocycles. The van der Waals surface area contributed by atoms with Gasteiger partial charge < -0.3 is 15.2 Å². The number of nitrogens with one attached hydrogen (secondary N) is 1. The number of aromatic nitrogens is 6. The number of nitrogens with zero attached hydrogens (tertiary/aromatic N) is 6. The molecule has 176 valence electrons. The Morgan fingerprint density at radius 3 is 2.85 bits per heavy atom. The van der Waals surface area contributed by atoms with Gasteiger partial charge in [-0.25, -0.2) is 14.6 Å². The third kappa shape index (κ3) is 5.29. The Bertz CT molecular complexity index is 1130. The molecule has 0 radical (unpaired) electrons. The zero-order valence-corrected chi connectivity index (χ0v) is 20.1. The van der Waals surface area contributed by atoms with Crippen molar-refractivity contribution in [1.82, 2.24) is 29.3 Å². The second-order valence-electron chi connectivity index (χ2n) is 8.69. The van der Waals surface area contributed by atoms with E-state index in [1.807, 2.05) is 26.1 Å². The first-order valence-electron chi connectivity index (χ1n) is 11.1. The van der Waals surface area contributed by atoms with Crippen molar-refractivity contribution in [2.75, 3.05) is 5.32 Å². The van der Waals surface area contributed by atoms with Crippen molar-refractivity contribution in [3.05, 3.63) is 28.5 Å². The summed E-state index contributed by atoms with van der Waals surface area (Å²) in [7, 11) is 1.84. The van der Waals surface area contributed by atoms with E-state index in [1.165, 1.54) is 11.5 Å². The first-order chi connectivity index (χ1) is 15.8. The second-order valence-corrected chi connectivity index (χ2v) is 9.48. The average molecular weight is 472 g/mol. The summed E-state index contributed by atoms with van der Waals surface area (Å²) in [5, 5.41) is 22.0. The van der Waals surface area contributed by atoms with Crippen LogP contribution in [0.2, 0.25) is 0 Å². The van der Waals surface area contributed by atoms with Gasteiger partial charge in [-0.15, -0.1) is 5.10 Å². The van der Waals surface area contributed by atoms with Crippen molar-refractivity contribution in [2.24, 2.45) is 13.0 Å². The molecule has 0 aromatic carbocycles. The quantitative estimate of drug-likeness (QED) is 0.504. The monoisotopic (exact) mass is 471 g/mol. The summed E-state index contributed by atoms with van der Waals surface area (Å²) in [6.07, 6.45) is 2.84. The second kappa shape index (κ2) is 9.82. The molecule has 0 saturated heterocycles. The number of aryl methyl sites for hydroxylation is 2. The molecule has 3 aromatic rings. The van der Waals surface area contributed by atoms with Gasteiger partial charge in [-0.2, -0.15) is 4.37 Å². The van der Waals surface area contributed by atoms with Crippen molar-refractivity contribution in [3.8, 4) is 17.1 Å². The molecule has 1 fully saturated rings. The molecular weight excluding hydrogens is 442 g/mol. The van der Waals surface area contributed by atoms with Crippen LogP contribution >= 0.6 is 11.5 Å². The fourth-order valence-electron chi connectivity index (χ4n) is 3.94. The molecule has 0 spiro atoms. The van der Waals surface area contributed by atoms with Gasteiger partial charge >= 0.3 is 5.97 Å². The van der Waals surface area contributed by atoms with E-state index in [4.69, 9.17) is 9.72 Å². The predicted octanol–water partition coefficient (Wildman–Crippen LogP) is 3.79. The molecule has 1 aliphatic carbocycles. The van der Waals surface area contributed by atoms with Gasteiger partial charge in [-0.1, -0.05) is 19.1 Å². The summed E-state index contributed by atoms with van der Waals surface area (Å²) < 4.78 is 12.2. The number of rotatable bonds is 8. The Morgan fingerprint density at radius 1 is 1.33 bits per heavy atom. The van der Waals surface area contributed by atoms with E-state index in [1.54, 1.807) is 4.68 Å². The molecule has 2 atom stereocenters. The van der Waals surface area contributed by atoms with E-state index < -0.39 is 5.97 Å². The molecule has 1 saturated carbocycles. The topological polar surface area (TPSA) is 128 Å². The lowest BCUT2D eigenvalue weighted by atomic mass is 9.87. The Hall–Kier alpha value is -3.08. The number of carboxylic acid groups (broad SMARTS) is 1. The first-order valence-corrected chi connectivity index (χ1v) is 11.9. The summed E-state index contributed by atoms with van der Waals surface area (Å²) in [6.45, 7) is 6.53. The number of pyridine rings is 1. The van der Waals surface area contributed by atoms with Crippen LogP contribution in [0.15, 0.2) is 12.1 Å². The highest BCUT2D eigenvalue weighted by Gasteiger charge is 2.28. The number of carboxylic acids is 1. The summed E-state index contributed by atoms with van der Waals surface area (Å²) in [6, 6.07) is 3.75. The summed E-state index contributed by atoms with van der Waals surface area (Å²) in [5.74, 6) is 0.519. The Labute approximate surface area is 196 Å². The van der Waals surface area contributed by atoms with Gasteiger partial charge in [0.05, 0.1) is 35.6 Å². The van der Waals surface area contributed by atoms with E-state index in [0.717, 1.165) is 29.2 Å².